The summed E-state index contributed by atoms with van der Waals surface area (Å²) in [7, 11) is 0. The predicted molar refractivity (Wildman–Crippen MR) is 316 cm³/mol. The van der Waals surface area contributed by atoms with Gasteiger partial charge in [-0.25, -0.2) is 0 Å². The highest BCUT2D eigenvalue weighted by molar-refractivity contribution is 5.71. The fraction of sp³-hybridized carbons (Fsp3) is 0.806. The molecule has 424 valence electrons. The molecule has 0 saturated carbocycles. The molecule has 1 unspecified atom stereocenters. The van der Waals surface area contributed by atoms with Gasteiger partial charge in [0, 0.05) is 19.3 Å². The van der Waals surface area contributed by atoms with Crippen molar-refractivity contribution in [2.45, 2.75) is 335 Å². The molecule has 6 nitrogen and oxygen atoms in total. The molecule has 0 fully saturated rings. The minimum Gasteiger partial charge on any atom is -0.462 e. The van der Waals surface area contributed by atoms with Crippen molar-refractivity contribution in [3.63, 3.8) is 0 Å². The number of carbonyl (C=O) groups excluding carboxylic acids is 3. The Kier molecular flexibility index (Phi) is 59.2. The maximum absolute atomic E-state index is 12.9. The van der Waals surface area contributed by atoms with E-state index < -0.39 is 6.10 Å². The third-order valence-corrected chi connectivity index (χ3v) is 13.9. The van der Waals surface area contributed by atoms with Crippen LogP contribution in [0.25, 0.3) is 0 Å². The van der Waals surface area contributed by atoms with E-state index >= 15 is 0 Å². The number of unbranched alkanes of at least 4 members (excludes halogenated alkanes) is 37. The summed E-state index contributed by atoms with van der Waals surface area (Å²) in [5.41, 5.74) is 0. The van der Waals surface area contributed by atoms with Crippen molar-refractivity contribution >= 4 is 17.9 Å². The van der Waals surface area contributed by atoms with Crippen LogP contribution >= 0.6 is 0 Å². The van der Waals surface area contributed by atoms with Crippen LogP contribution in [-0.2, 0) is 28.6 Å². The first-order chi connectivity index (χ1) is 36.0. The zero-order valence-corrected chi connectivity index (χ0v) is 48.7. The van der Waals surface area contributed by atoms with Crippen molar-refractivity contribution < 1.29 is 28.6 Å². The van der Waals surface area contributed by atoms with E-state index in [1.54, 1.807) is 0 Å². The molecule has 0 rings (SSSR count). The molecule has 0 aliphatic rings. The van der Waals surface area contributed by atoms with Gasteiger partial charge in [0.1, 0.15) is 13.2 Å². The van der Waals surface area contributed by atoms with Gasteiger partial charge in [-0.3, -0.25) is 14.4 Å². The van der Waals surface area contributed by atoms with Gasteiger partial charge in [0.15, 0.2) is 6.10 Å². The maximum Gasteiger partial charge on any atom is 0.306 e. The van der Waals surface area contributed by atoms with Crippen molar-refractivity contribution in [2.24, 2.45) is 0 Å². The Hall–Kier alpha value is -2.89. The molecule has 0 bridgehead atoms. The second-order valence-electron chi connectivity index (χ2n) is 21.3. The van der Waals surface area contributed by atoms with Gasteiger partial charge in [-0.2, -0.15) is 0 Å². The monoisotopic (exact) mass is 1020 g/mol. The number of rotatable bonds is 58. The summed E-state index contributed by atoms with van der Waals surface area (Å²) in [5.74, 6) is -0.882. The van der Waals surface area contributed by atoms with Crippen molar-refractivity contribution in [3.05, 3.63) is 60.8 Å². The molecule has 6 heteroatoms. The minimum absolute atomic E-state index is 0.0789. The number of ether oxygens (including phenoxy) is 3. The minimum atomic E-state index is -0.782. The molecule has 0 radical (unpaired) electrons. The van der Waals surface area contributed by atoms with Crippen LogP contribution in [0.5, 0.6) is 0 Å². The lowest BCUT2D eigenvalue weighted by molar-refractivity contribution is -0.167. The molecule has 0 aliphatic heterocycles. The zero-order chi connectivity index (χ0) is 52.9. The third-order valence-electron chi connectivity index (χ3n) is 13.9. The Balaban J connectivity index is 4.31. The van der Waals surface area contributed by atoms with E-state index in [1.165, 1.54) is 199 Å². The highest BCUT2D eigenvalue weighted by Gasteiger charge is 2.19. The zero-order valence-electron chi connectivity index (χ0n) is 48.7. The van der Waals surface area contributed by atoms with Crippen LogP contribution in [0.1, 0.15) is 329 Å². The SMILES string of the molecule is CCC/C=C\C/C=C\CCCCCCCC(=O)OCC(COC(=O)CCCCCCCCCCCCC/C=C\C/C=C\CCCCCCC)OC(=O)CCCCCCCCCCC/C=C\CCCCCCCC. The largest absolute Gasteiger partial charge is 0.462 e. The van der Waals surface area contributed by atoms with Gasteiger partial charge in [-0.05, 0) is 103 Å². The average Bonchev–Trinajstić information content (AvgIpc) is 3.39. The lowest BCUT2D eigenvalue weighted by atomic mass is 10.0. The standard InChI is InChI=1S/C67H120O6/c1-4-7-10-13-16-19-22-25-27-29-31-32-33-34-36-37-39-42-45-48-51-54-57-60-66(69)72-63-64(62-71-65(68)59-56-53-50-47-44-41-24-21-18-15-12-9-6-3)73-67(70)61-58-55-52-49-46-43-40-38-35-30-28-26-23-20-17-14-11-8-5-2/h12,15,21-22,24-26,28-29,31,64H,4-11,13-14,16-20,23,27,30,32-63H2,1-3H3/b15-12-,24-21-,25-22-,28-26-,31-29-. The first-order valence-corrected chi connectivity index (χ1v) is 31.8. The summed E-state index contributed by atoms with van der Waals surface area (Å²) < 4.78 is 16.9. The van der Waals surface area contributed by atoms with E-state index in [0.29, 0.717) is 19.3 Å². The summed E-state index contributed by atoms with van der Waals surface area (Å²) in [6, 6.07) is 0. The van der Waals surface area contributed by atoms with Crippen molar-refractivity contribution in [2.75, 3.05) is 13.2 Å². The Bertz CT molecular complexity index is 1310. The number of hydrogen-bond donors (Lipinski definition) is 0. The second kappa shape index (κ2) is 61.7. The highest BCUT2D eigenvalue weighted by atomic mass is 16.6. The third kappa shape index (κ3) is 59.9. The van der Waals surface area contributed by atoms with Crippen LogP contribution in [0.4, 0.5) is 0 Å². The van der Waals surface area contributed by atoms with Crippen LogP contribution in [0.3, 0.4) is 0 Å². The summed E-state index contributed by atoms with van der Waals surface area (Å²) in [6.45, 7) is 6.59. The van der Waals surface area contributed by atoms with Gasteiger partial charge in [0.05, 0.1) is 0 Å². The van der Waals surface area contributed by atoms with Gasteiger partial charge in [-0.15, -0.1) is 0 Å². The van der Waals surface area contributed by atoms with Crippen LogP contribution in [0.15, 0.2) is 60.8 Å². The molecule has 0 heterocycles. The van der Waals surface area contributed by atoms with Gasteiger partial charge >= 0.3 is 17.9 Å². The smallest absolute Gasteiger partial charge is 0.306 e. The van der Waals surface area contributed by atoms with E-state index in [4.69, 9.17) is 14.2 Å². The molecule has 0 spiro atoms. The van der Waals surface area contributed by atoms with Crippen LogP contribution < -0.4 is 0 Å². The molecule has 0 aromatic carbocycles. The second-order valence-corrected chi connectivity index (χ2v) is 21.3. The lowest BCUT2D eigenvalue weighted by Gasteiger charge is -2.18. The molecular weight excluding hydrogens is 901 g/mol. The Labute approximate surface area is 453 Å². The number of carbonyl (C=O) groups is 3. The maximum atomic E-state index is 12.9. The summed E-state index contributed by atoms with van der Waals surface area (Å²) >= 11 is 0. The number of esters is 3. The Morgan fingerprint density at radius 1 is 0.274 bits per heavy atom. The van der Waals surface area contributed by atoms with Crippen LogP contribution in [0.2, 0.25) is 0 Å². The Morgan fingerprint density at radius 3 is 0.822 bits per heavy atom. The molecule has 0 aromatic rings. The lowest BCUT2D eigenvalue weighted by Crippen LogP contribution is -2.30. The molecule has 0 amide bonds. The Morgan fingerprint density at radius 2 is 0.521 bits per heavy atom. The van der Waals surface area contributed by atoms with Crippen molar-refractivity contribution in [3.8, 4) is 0 Å². The topological polar surface area (TPSA) is 78.9 Å². The van der Waals surface area contributed by atoms with Gasteiger partial charge < -0.3 is 14.2 Å². The van der Waals surface area contributed by atoms with Crippen LogP contribution in [0, 0.1) is 0 Å². The van der Waals surface area contributed by atoms with Gasteiger partial charge in [-0.1, -0.05) is 268 Å². The highest BCUT2D eigenvalue weighted by Crippen LogP contribution is 2.16. The van der Waals surface area contributed by atoms with E-state index in [9.17, 15) is 14.4 Å². The van der Waals surface area contributed by atoms with E-state index in [1.807, 2.05) is 0 Å². The number of hydrogen-bond acceptors (Lipinski definition) is 6. The predicted octanol–water partition coefficient (Wildman–Crippen LogP) is 21.6. The van der Waals surface area contributed by atoms with Crippen molar-refractivity contribution in [1.29, 1.82) is 0 Å². The van der Waals surface area contributed by atoms with Gasteiger partial charge in [0.2, 0.25) is 0 Å². The van der Waals surface area contributed by atoms with E-state index in [-0.39, 0.29) is 31.1 Å². The molecule has 0 aromatic heterocycles. The summed E-state index contributed by atoms with van der Waals surface area (Å²) in [5, 5.41) is 0. The molecule has 0 saturated heterocycles. The van der Waals surface area contributed by atoms with Crippen molar-refractivity contribution in [1.82, 2.24) is 0 Å². The fourth-order valence-corrected chi connectivity index (χ4v) is 9.15. The summed E-state index contributed by atoms with van der Waals surface area (Å²) in [4.78, 5) is 38.3. The number of allylic oxidation sites excluding steroid dienone is 10. The molecule has 73 heavy (non-hydrogen) atoms. The molecule has 0 N–H and O–H groups in total. The van der Waals surface area contributed by atoms with E-state index in [2.05, 4.69) is 81.5 Å². The molecule has 1 atom stereocenters. The first-order valence-electron chi connectivity index (χ1n) is 31.8. The quantitative estimate of drug-likeness (QED) is 0.0261. The average molecular weight is 1020 g/mol. The van der Waals surface area contributed by atoms with E-state index in [0.717, 1.165) is 89.9 Å². The summed E-state index contributed by atoms with van der Waals surface area (Å²) in [6.07, 6.45) is 77.9. The van der Waals surface area contributed by atoms with Crippen LogP contribution in [-0.4, -0.2) is 37.2 Å². The fourth-order valence-electron chi connectivity index (χ4n) is 9.15. The first kappa shape index (κ1) is 70.1. The van der Waals surface area contributed by atoms with Gasteiger partial charge in [0.25, 0.3) is 0 Å². The normalized spacial score (nSPS) is 12.4. The molecule has 0 aliphatic carbocycles. The molecular formula is C67H120O6.